The van der Waals surface area contributed by atoms with Crippen molar-refractivity contribution in [2.24, 2.45) is 0 Å². The van der Waals surface area contributed by atoms with Crippen molar-refractivity contribution >= 4 is 27.5 Å². The number of carbonyl (C=O) groups excluding carboxylic acids is 1. The van der Waals surface area contributed by atoms with Crippen LogP contribution in [0.3, 0.4) is 0 Å². The maximum absolute atomic E-state index is 11.8. The van der Waals surface area contributed by atoms with Crippen LogP contribution in [0.2, 0.25) is 0 Å². The molecule has 1 aromatic carbocycles. The van der Waals surface area contributed by atoms with Crippen molar-refractivity contribution in [3.8, 4) is 6.07 Å². The molecule has 2 rings (SSSR count). The molecule has 5 heteroatoms. The molecule has 2 aromatic rings. The summed E-state index contributed by atoms with van der Waals surface area (Å²) in [5.74, 6) is 0.621. The second-order valence-electron chi connectivity index (χ2n) is 3.93. The number of nitrogens with one attached hydrogen (secondary N) is 1. The molecule has 0 saturated heterocycles. The van der Waals surface area contributed by atoms with E-state index in [9.17, 15) is 4.79 Å². The number of amides is 1. The van der Waals surface area contributed by atoms with E-state index in [1.807, 2.05) is 12.1 Å². The lowest BCUT2D eigenvalue weighted by Gasteiger charge is -2.07. The van der Waals surface area contributed by atoms with Gasteiger partial charge in [0.2, 0.25) is 5.91 Å². The highest BCUT2D eigenvalue weighted by atomic mass is 79.9. The number of aryl methyl sites for hydroxylation is 1. The molecule has 0 saturated carbocycles. The number of rotatable bonds is 4. The lowest BCUT2D eigenvalue weighted by Crippen LogP contribution is -2.13. The van der Waals surface area contributed by atoms with Gasteiger partial charge in [0, 0.05) is 17.3 Å². The van der Waals surface area contributed by atoms with Gasteiger partial charge >= 0.3 is 0 Å². The number of halogens is 1. The van der Waals surface area contributed by atoms with Gasteiger partial charge in [0.25, 0.3) is 0 Å². The first-order chi connectivity index (χ1) is 9.19. The largest absolute Gasteiger partial charge is 0.469 e. The van der Waals surface area contributed by atoms with Crippen LogP contribution in [-0.2, 0) is 11.2 Å². The molecule has 0 aliphatic rings. The Morgan fingerprint density at radius 3 is 2.95 bits per heavy atom. The van der Waals surface area contributed by atoms with E-state index in [1.54, 1.807) is 30.5 Å². The third kappa shape index (κ3) is 3.70. The first kappa shape index (κ1) is 13.4. The molecular formula is C14H11BrN2O2. The number of furan rings is 1. The fraction of sp³-hybridized carbons (Fsp3) is 0.143. The van der Waals surface area contributed by atoms with E-state index in [2.05, 4.69) is 21.2 Å². The van der Waals surface area contributed by atoms with Crippen LogP contribution in [0.4, 0.5) is 5.69 Å². The van der Waals surface area contributed by atoms with Crippen LogP contribution in [0.15, 0.2) is 45.5 Å². The molecule has 1 heterocycles. The second-order valence-corrected chi connectivity index (χ2v) is 4.84. The highest BCUT2D eigenvalue weighted by Gasteiger charge is 2.08. The van der Waals surface area contributed by atoms with E-state index >= 15 is 0 Å². The molecule has 0 unspecified atom stereocenters. The average Bonchev–Trinajstić information content (AvgIpc) is 2.90. The van der Waals surface area contributed by atoms with Gasteiger partial charge in [0.1, 0.15) is 11.8 Å². The molecular weight excluding hydrogens is 308 g/mol. The first-order valence-corrected chi connectivity index (χ1v) is 6.50. The lowest BCUT2D eigenvalue weighted by atomic mass is 10.2. The van der Waals surface area contributed by atoms with E-state index < -0.39 is 0 Å². The van der Waals surface area contributed by atoms with Gasteiger partial charge in [0.05, 0.1) is 17.5 Å². The highest BCUT2D eigenvalue weighted by molar-refractivity contribution is 9.10. The van der Waals surface area contributed by atoms with Crippen LogP contribution in [0.25, 0.3) is 0 Å². The van der Waals surface area contributed by atoms with Crippen LogP contribution < -0.4 is 5.32 Å². The number of benzene rings is 1. The van der Waals surface area contributed by atoms with Crippen molar-refractivity contribution in [3.63, 3.8) is 0 Å². The van der Waals surface area contributed by atoms with Crippen molar-refractivity contribution in [2.75, 3.05) is 5.32 Å². The van der Waals surface area contributed by atoms with Crippen LogP contribution >= 0.6 is 15.9 Å². The van der Waals surface area contributed by atoms with E-state index in [1.165, 1.54) is 0 Å². The second kappa shape index (κ2) is 6.21. The minimum atomic E-state index is -0.147. The predicted octanol–water partition coefficient (Wildman–Crippen LogP) is 3.49. The molecule has 0 fully saturated rings. The summed E-state index contributed by atoms with van der Waals surface area (Å²) in [4.78, 5) is 11.8. The molecule has 0 bridgehead atoms. The molecule has 1 N–H and O–H groups in total. The summed E-state index contributed by atoms with van der Waals surface area (Å²) >= 11 is 3.31. The molecule has 1 amide bonds. The quantitative estimate of drug-likeness (QED) is 0.938. The number of hydrogen-bond donors (Lipinski definition) is 1. The minimum Gasteiger partial charge on any atom is -0.469 e. The van der Waals surface area contributed by atoms with Crippen LogP contribution in [-0.4, -0.2) is 5.91 Å². The Bertz CT molecular complexity index is 615. The van der Waals surface area contributed by atoms with Gasteiger partial charge in [0.15, 0.2) is 0 Å². The summed E-state index contributed by atoms with van der Waals surface area (Å²) in [6, 6.07) is 10.8. The molecule has 0 aliphatic heterocycles. The van der Waals surface area contributed by atoms with Gasteiger partial charge in [-0.3, -0.25) is 4.79 Å². The van der Waals surface area contributed by atoms with Crippen molar-refractivity contribution in [3.05, 3.63) is 52.4 Å². The van der Waals surface area contributed by atoms with Gasteiger partial charge < -0.3 is 9.73 Å². The van der Waals surface area contributed by atoms with Gasteiger partial charge in [-0.25, -0.2) is 0 Å². The Hall–Kier alpha value is -2.06. The third-order valence-corrected chi connectivity index (χ3v) is 3.05. The molecule has 4 nitrogen and oxygen atoms in total. The van der Waals surface area contributed by atoms with Crippen molar-refractivity contribution in [1.82, 2.24) is 0 Å². The summed E-state index contributed by atoms with van der Waals surface area (Å²) in [6.45, 7) is 0. The van der Waals surface area contributed by atoms with Gasteiger partial charge in [-0.05, 0) is 30.3 Å². The Morgan fingerprint density at radius 1 is 1.42 bits per heavy atom. The average molecular weight is 319 g/mol. The Morgan fingerprint density at radius 2 is 2.26 bits per heavy atom. The number of carbonyl (C=O) groups is 1. The fourth-order valence-corrected chi connectivity index (χ4v) is 1.98. The van der Waals surface area contributed by atoms with Gasteiger partial charge in [-0.15, -0.1) is 0 Å². The lowest BCUT2D eigenvalue weighted by molar-refractivity contribution is -0.116. The molecule has 0 aliphatic carbocycles. The topological polar surface area (TPSA) is 66.0 Å². The zero-order chi connectivity index (χ0) is 13.7. The molecule has 96 valence electrons. The van der Waals surface area contributed by atoms with E-state index in [4.69, 9.17) is 9.68 Å². The number of nitriles is 1. The standard InChI is InChI=1S/C14H11BrN2O2/c15-11-4-3-10(9-16)13(8-11)17-14(18)6-5-12-2-1-7-19-12/h1-4,7-8H,5-6H2,(H,17,18). The SMILES string of the molecule is N#Cc1ccc(Br)cc1NC(=O)CCc1ccco1. The van der Waals surface area contributed by atoms with Gasteiger partial charge in [-0.2, -0.15) is 5.26 Å². The summed E-state index contributed by atoms with van der Waals surface area (Å²) in [7, 11) is 0. The van der Waals surface area contributed by atoms with Crippen molar-refractivity contribution < 1.29 is 9.21 Å². The van der Waals surface area contributed by atoms with E-state index in [0.717, 1.165) is 10.2 Å². The van der Waals surface area contributed by atoms with Crippen molar-refractivity contribution in [1.29, 1.82) is 5.26 Å². The third-order valence-electron chi connectivity index (χ3n) is 2.55. The normalized spacial score (nSPS) is 9.89. The molecule has 19 heavy (non-hydrogen) atoms. The zero-order valence-electron chi connectivity index (χ0n) is 10.0. The van der Waals surface area contributed by atoms with Crippen LogP contribution in [0.5, 0.6) is 0 Å². The Balaban J connectivity index is 1.99. The number of nitrogens with zero attached hydrogens (tertiary/aromatic N) is 1. The molecule has 0 spiro atoms. The maximum Gasteiger partial charge on any atom is 0.224 e. The molecule has 0 radical (unpaired) electrons. The highest BCUT2D eigenvalue weighted by Crippen LogP contribution is 2.21. The predicted molar refractivity (Wildman–Crippen MR) is 74.5 cm³/mol. The number of hydrogen-bond acceptors (Lipinski definition) is 3. The smallest absolute Gasteiger partial charge is 0.224 e. The number of anilines is 1. The van der Waals surface area contributed by atoms with Gasteiger partial charge in [-0.1, -0.05) is 15.9 Å². The summed E-state index contributed by atoms with van der Waals surface area (Å²) in [5, 5.41) is 11.7. The first-order valence-electron chi connectivity index (χ1n) is 5.71. The zero-order valence-corrected chi connectivity index (χ0v) is 11.6. The fourth-order valence-electron chi connectivity index (χ4n) is 1.62. The van der Waals surface area contributed by atoms with Crippen molar-refractivity contribution in [2.45, 2.75) is 12.8 Å². The summed E-state index contributed by atoms with van der Waals surface area (Å²) < 4.78 is 5.97. The van der Waals surface area contributed by atoms with E-state index in [-0.39, 0.29) is 5.91 Å². The van der Waals surface area contributed by atoms with Crippen LogP contribution in [0, 0.1) is 11.3 Å². The summed E-state index contributed by atoms with van der Waals surface area (Å²) in [6.07, 6.45) is 2.43. The Labute approximate surface area is 119 Å². The monoisotopic (exact) mass is 318 g/mol. The maximum atomic E-state index is 11.8. The molecule has 1 aromatic heterocycles. The molecule has 0 atom stereocenters. The van der Waals surface area contributed by atoms with E-state index in [0.29, 0.717) is 24.1 Å². The minimum absolute atomic E-state index is 0.147. The van der Waals surface area contributed by atoms with Crippen LogP contribution in [0.1, 0.15) is 17.7 Å². The summed E-state index contributed by atoms with van der Waals surface area (Å²) in [5.41, 5.74) is 0.955. The Kier molecular flexibility index (Phi) is 4.37.